The van der Waals surface area contributed by atoms with Gasteiger partial charge in [0, 0.05) is 13.1 Å². The maximum atomic E-state index is 12.9. The second-order valence-corrected chi connectivity index (χ2v) is 5.76. The minimum Gasteiger partial charge on any atom is -0.317 e. The Morgan fingerprint density at radius 3 is 2.00 bits per heavy atom. The predicted octanol–water partition coefficient (Wildman–Crippen LogP) is 2.80. The molecule has 2 heterocycles. The normalized spacial score (nSPS) is 26.1. The Kier molecular flexibility index (Phi) is 4.26. The molecule has 118 valence electrons. The minimum atomic E-state index is -5.24. The molecule has 0 aromatic rings. The van der Waals surface area contributed by atoms with E-state index >= 15 is 0 Å². The van der Waals surface area contributed by atoms with Crippen molar-refractivity contribution in [3.63, 3.8) is 0 Å². The first-order chi connectivity index (χ1) is 9.16. The molecule has 0 unspecified atom stereocenters. The molecule has 0 bridgehead atoms. The van der Waals surface area contributed by atoms with E-state index in [4.69, 9.17) is 0 Å². The molecule has 2 nitrogen and oxygen atoms in total. The van der Waals surface area contributed by atoms with Crippen molar-refractivity contribution in [2.45, 2.75) is 31.6 Å². The van der Waals surface area contributed by atoms with Crippen molar-refractivity contribution in [2.75, 3.05) is 32.7 Å². The standard InChI is InChI=1S/C12H18F6N2/c13-11(14,15)10(12(16,17)18)3-6-20(8-10)7-9-1-4-19-5-2-9/h9,19H,1-8H2. The van der Waals surface area contributed by atoms with E-state index in [1.54, 1.807) is 0 Å². The fourth-order valence-electron chi connectivity index (χ4n) is 3.10. The van der Waals surface area contributed by atoms with Crippen LogP contribution in [0, 0.1) is 11.3 Å². The van der Waals surface area contributed by atoms with Crippen molar-refractivity contribution in [2.24, 2.45) is 11.3 Å². The quantitative estimate of drug-likeness (QED) is 0.789. The summed E-state index contributed by atoms with van der Waals surface area (Å²) in [6, 6.07) is 0. The van der Waals surface area contributed by atoms with Crippen molar-refractivity contribution in [1.29, 1.82) is 0 Å². The number of hydrogen-bond acceptors (Lipinski definition) is 2. The van der Waals surface area contributed by atoms with Crippen LogP contribution in [0.1, 0.15) is 19.3 Å². The highest BCUT2D eigenvalue weighted by atomic mass is 19.4. The number of nitrogens with one attached hydrogen (secondary N) is 1. The molecular formula is C12H18F6N2. The lowest BCUT2D eigenvalue weighted by Crippen LogP contribution is -2.52. The van der Waals surface area contributed by atoms with Gasteiger partial charge in [-0.25, -0.2) is 0 Å². The van der Waals surface area contributed by atoms with Crippen molar-refractivity contribution in [1.82, 2.24) is 10.2 Å². The average Bonchev–Trinajstić information content (AvgIpc) is 2.74. The van der Waals surface area contributed by atoms with Crippen LogP contribution in [-0.4, -0.2) is 50.0 Å². The highest BCUT2D eigenvalue weighted by Crippen LogP contribution is 2.55. The van der Waals surface area contributed by atoms with E-state index in [0.717, 1.165) is 25.9 Å². The van der Waals surface area contributed by atoms with Crippen LogP contribution >= 0.6 is 0 Å². The summed E-state index contributed by atoms with van der Waals surface area (Å²) in [6.45, 7) is 0.798. The molecule has 8 heteroatoms. The number of hydrogen-bond donors (Lipinski definition) is 1. The number of nitrogens with zero attached hydrogens (tertiary/aromatic N) is 1. The molecule has 0 radical (unpaired) electrons. The van der Waals surface area contributed by atoms with Gasteiger partial charge in [0.05, 0.1) is 0 Å². The summed E-state index contributed by atoms with van der Waals surface area (Å²) >= 11 is 0. The molecule has 2 aliphatic heterocycles. The molecule has 0 aromatic heterocycles. The third kappa shape index (κ3) is 2.90. The fourth-order valence-corrected chi connectivity index (χ4v) is 3.10. The SMILES string of the molecule is FC(F)(F)C1(C(F)(F)F)CCN(CC2CCNCC2)C1. The Balaban J connectivity index is 2.04. The first kappa shape index (κ1) is 15.9. The molecule has 2 fully saturated rings. The third-order valence-electron chi connectivity index (χ3n) is 4.41. The van der Waals surface area contributed by atoms with E-state index in [1.807, 2.05) is 0 Å². The number of alkyl halides is 6. The number of halogens is 6. The highest BCUT2D eigenvalue weighted by Gasteiger charge is 2.72. The van der Waals surface area contributed by atoms with Crippen LogP contribution in [0.2, 0.25) is 0 Å². The summed E-state index contributed by atoms with van der Waals surface area (Å²) < 4.78 is 77.4. The van der Waals surface area contributed by atoms with Gasteiger partial charge in [-0.15, -0.1) is 0 Å². The average molecular weight is 304 g/mol. The maximum Gasteiger partial charge on any atom is 0.404 e. The Hall–Kier alpha value is -0.500. The fraction of sp³-hybridized carbons (Fsp3) is 1.00. The van der Waals surface area contributed by atoms with E-state index in [-0.39, 0.29) is 12.5 Å². The first-order valence-corrected chi connectivity index (χ1v) is 6.72. The van der Waals surface area contributed by atoms with Gasteiger partial charge in [-0.2, -0.15) is 26.3 Å². The lowest BCUT2D eigenvalue weighted by Gasteiger charge is -2.34. The van der Waals surface area contributed by atoms with Crippen LogP contribution in [-0.2, 0) is 0 Å². The summed E-state index contributed by atoms with van der Waals surface area (Å²) in [7, 11) is 0. The molecule has 2 aliphatic rings. The van der Waals surface area contributed by atoms with E-state index in [1.165, 1.54) is 4.90 Å². The lowest BCUT2D eigenvalue weighted by atomic mass is 9.85. The van der Waals surface area contributed by atoms with Crippen LogP contribution in [0.3, 0.4) is 0 Å². The van der Waals surface area contributed by atoms with Crippen molar-refractivity contribution in [3.05, 3.63) is 0 Å². The Morgan fingerprint density at radius 2 is 1.55 bits per heavy atom. The van der Waals surface area contributed by atoms with E-state index in [2.05, 4.69) is 5.32 Å². The van der Waals surface area contributed by atoms with Crippen molar-refractivity contribution < 1.29 is 26.3 Å². The second kappa shape index (κ2) is 5.36. The smallest absolute Gasteiger partial charge is 0.317 e. The van der Waals surface area contributed by atoms with Gasteiger partial charge in [-0.05, 0) is 44.8 Å². The zero-order chi connectivity index (χ0) is 15.0. The lowest BCUT2D eigenvalue weighted by molar-refractivity contribution is -0.335. The molecule has 0 amide bonds. The molecule has 2 saturated heterocycles. The number of rotatable bonds is 2. The van der Waals surface area contributed by atoms with Crippen LogP contribution in [0.5, 0.6) is 0 Å². The Labute approximate surface area is 113 Å². The molecule has 20 heavy (non-hydrogen) atoms. The van der Waals surface area contributed by atoms with Crippen molar-refractivity contribution in [3.8, 4) is 0 Å². The zero-order valence-electron chi connectivity index (χ0n) is 10.9. The zero-order valence-corrected chi connectivity index (χ0v) is 10.9. The Bertz CT molecular complexity index is 318. The number of likely N-dealkylation sites (tertiary alicyclic amines) is 1. The van der Waals surface area contributed by atoms with Gasteiger partial charge >= 0.3 is 12.4 Å². The van der Waals surface area contributed by atoms with Gasteiger partial charge in [0.1, 0.15) is 0 Å². The largest absolute Gasteiger partial charge is 0.404 e. The molecule has 0 saturated carbocycles. The topological polar surface area (TPSA) is 15.3 Å². The molecule has 2 rings (SSSR count). The summed E-state index contributed by atoms with van der Waals surface area (Å²) in [5.41, 5.74) is -3.55. The molecule has 0 atom stereocenters. The van der Waals surface area contributed by atoms with Gasteiger partial charge in [-0.3, -0.25) is 0 Å². The van der Waals surface area contributed by atoms with Gasteiger partial charge in [-0.1, -0.05) is 0 Å². The molecule has 0 aromatic carbocycles. The Morgan fingerprint density at radius 1 is 1.00 bits per heavy atom. The van der Waals surface area contributed by atoms with E-state index < -0.39 is 30.7 Å². The van der Waals surface area contributed by atoms with Crippen LogP contribution < -0.4 is 5.32 Å². The number of piperidine rings is 1. The van der Waals surface area contributed by atoms with Gasteiger partial charge in [0.2, 0.25) is 0 Å². The predicted molar refractivity (Wildman–Crippen MR) is 61.2 cm³/mol. The monoisotopic (exact) mass is 304 g/mol. The van der Waals surface area contributed by atoms with E-state index in [9.17, 15) is 26.3 Å². The summed E-state index contributed by atoms with van der Waals surface area (Å²) in [6.07, 6.45) is -9.75. The van der Waals surface area contributed by atoms with Gasteiger partial charge in [0.15, 0.2) is 5.41 Å². The van der Waals surface area contributed by atoms with E-state index in [0.29, 0.717) is 6.54 Å². The minimum absolute atomic E-state index is 0.136. The van der Waals surface area contributed by atoms with Gasteiger partial charge < -0.3 is 10.2 Å². The second-order valence-electron chi connectivity index (χ2n) is 5.76. The summed E-state index contributed by atoms with van der Waals surface area (Å²) in [5, 5.41) is 3.13. The first-order valence-electron chi connectivity index (χ1n) is 6.72. The van der Waals surface area contributed by atoms with Crippen LogP contribution in [0.25, 0.3) is 0 Å². The van der Waals surface area contributed by atoms with Crippen LogP contribution in [0.4, 0.5) is 26.3 Å². The van der Waals surface area contributed by atoms with Gasteiger partial charge in [0.25, 0.3) is 0 Å². The third-order valence-corrected chi connectivity index (χ3v) is 4.41. The molecular weight excluding hydrogens is 286 g/mol. The maximum absolute atomic E-state index is 12.9. The summed E-state index contributed by atoms with van der Waals surface area (Å²) in [5.74, 6) is 0.188. The van der Waals surface area contributed by atoms with Crippen LogP contribution in [0.15, 0.2) is 0 Å². The highest BCUT2D eigenvalue weighted by molar-refractivity contribution is 5.00. The summed E-state index contributed by atoms with van der Waals surface area (Å²) in [4.78, 5) is 1.33. The molecule has 0 spiro atoms. The molecule has 0 aliphatic carbocycles. The molecule has 1 N–H and O–H groups in total. The van der Waals surface area contributed by atoms with Crippen molar-refractivity contribution >= 4 is 0 Å².